The molecule has 0 spiro atoms. The number of aryl methyl sites for hydroxylation is 2. The average Bonchev–Trinajstić information content (AvgIpc) is 2.86. The number of benzene rings is 2. The van der Waals surface area contributed by atoms with Gasteiger partial charge in [0.05, 0.1) is 18.2 Å². The Kier molecular flexibility index (Phi) is 8.09. The summed E-state index contributed by atoms with van der Waals surface area (Å²) in [6.45, 7) is 7.33. The van der Waals surface area contributed by atoms with Gasteiger partial charge in [-0.1, -0.05) is 12.1 Å². The fourth-order valence-electron chi connectivity index (χ4n) is 5.33. The number of ether oxygens (including phenoxy) is 1. The van der Waals surface area contributed by atoms with E-state index < -0.39 is 0 Å². The summed E-state index contributed by atoms with van der Waals surface area (Å²) >= 11 is 0. The van der Waals surface area contributed by atoms with E-state index in [0.29, 0.717) is 19.1 Å². The van der Waals surface area contributed by atoms with Crippen LogP contribution in [0.2, 0.25) is 0 Å². The van der Waals surface area contributed by atoms with Crippen molar-refractivity contribution in [3.05, 3.63) is 58.9 Å². The molecule has 4 rings (SSSR count). The van der Waals surface area contributed by atoms with Gasteiger partial charge in [-0.25, -0.2) is 9.97 Å². The van der Waals surface area contributed by atoms with Crippen LogP contribution in [0.3, 0.4) is 0 Å². The molecule has 1 aliphatic rings. The highest BCUT2D eigenvalue weighted by atomic mass is 16.5. The lowest BCUT2D eigenvalue weighted by atomic mass is 9.78. The molecule has 1 aliphatic carbocycles. The third-order valence-corrected chi connectivity index (χ3v) is 7.36. The zero-order valence-electron chi connectivity index (χ0n) is 22.2. The highest BCUT2D eigenvalue weighted by Gasteiger charge is 2.29. The Labute approximate surface area is 214 Å². The number of hydrogen-bond donors (Lipinski definition) is 2. The summed E-state index contributed by atoms with van der Waals surface area (Å²) in [5.41, 5.74) is 11.4. The van der Waals surface area contributed by atoms with Crippen molar-refractivity contribution in [3.63, 3.8) is 0 Å². The van der Waals surface area contributed by atoms with E-state index in [1.54, 1.807) is 7.11 Å². The van der Waals surface area contributed by atoms with E-state index in [2.05, 4.69) is 48.4 Å². The molecular formula is C29H39N5O2. The number of methoxy groups -OCH3 is 1. The zero-order valence-corrected chi connectivity index (χ0v) is 22.2. The van der Waals surface area contributed by atoms with E-state index in [4.69, 9.17) is 15.5 Å². The van der Waals surface area contributed by atoms with Gasteiger partial charge in [-0.15, -0.1) is 0 Å². The quantitative estimate of drug-likeness (QED) is 0.413. The normalized spacial score (nSPS) is 18.7. The minimum Gasteiger partial charge on any atom is -0.399 e. The number of nitrogens with two attached hydrogens (primary N) is 1. The van der Waals surface area contributed by atoms with Crippen molar-refractivity contribution in [1.29, 1.82) is 0 Å². The van der Waals surface area contributed by atoms with Gasteiger partial charge in [-0.2, -0.15) is 0 Å². The second kappa shape index (κ2) is 11.2. The fraction of sp³-hybridized carbons (Fsp3) is 0.483. The second-order valence-corrected chi connectivity index (χ2v) is 10.2. The van der Waals surface area contributed by atoms with Crippen LogP contribution < -0.4 is 11.1 Å². The van der Waals surface area contributed by atoms with Crippen molar-refractivity contribution < 1.29 is 9.53 Å². The first-order valence-corrected chi connectivity index (χ1v) is 12.9. The lowest BCUT2D eigenvalue weighted by Gasteiger charge is -2.31. The van der Waals surface area contributed by atoms with E-state index in [1.807, 2.05) is 31.0 Å². The van der Waals surface area contributed by atoms with E-state index in [1.165, 1.54) is 5.56 Å². The number of hydrogen-bond acceptors (Lipinski definition) is 6. The van der Waals surface area contributed by atoms with Crippen molar-refractivity contribution in [2.45, 2.75) is 58.4 Å². The molecule has 3 N–H and O–H groups in total. The summed E-state index contributed by atoms with van der Waals surface area (Å²) in [4.78, 5) is 24.1. The van der Waals surface area contributed by atoms with Crippen LogP contribution in [0.4, 0.5) is 11.5 Å². The minimum absolute atomic E-state index is 0.0462. The summed E-state index contributed by atoms with van der Waals surface area (Å²) in [5, 5.41) is 4.64. The van der Waals surface area contributed by atoms with Crippen LogP contribution in [0, 0.1) is 19.8 Å². The second-order valence-electron chi connectivity index (χ2n) is 10.2. The minimum atomic E-state index is 0.0462. The maximum atomic E-state index is 12.8. The number of likely N-dealkylation sites (N-methyl/N-ethyl adjacent to an activating group) is 1. The molecule has 192 valence electrons. The van der Waals surface area contributed by atoms with Gasteiger partial charge < -0.3 is 20.7 Å². The van der Waals surface area contributed by atoms with Gasteiger partial charge in [0.15, 0.2) is 0 Å². The summed E-state index contributed by atoms with van der Waals surface area (Å²) in [6, 6.07) is 12.7. The first kappa shape index (κ1) is 25.9. The van der Waals surface area contributed by atoms with Crippen LogP contribution in [0.15, 0.2) is 36.4 Å². The maximum absolute atomic E-state index is 12.8. The molecule has 1 aromatic heterocycles. The molecule has 0 bridgehead atoms. The molecule has 7 heteroatoms. The van der Waals surface area contributed by atoms with E-state index in [-0.39, 0.29) is 17.9 Å². The average molecular weight is 490 g/mol. The van der Waals surface area contributed by atoms with Gasteiger partial charge in [-0.3, -0.25) is 4.79 Å². The highest BCUT2D eigenvalue weighted by molar-refractivity contribution is 5.90. The Hall–Kier alpha value is -3.19. The van der Waals surface area contributed by atoms with Crippen LogP contribution >= 0.6 is 0 Å². The number of nitrogen functional groups attached to an aromatic ring is 1. The largest absolute Gasteiger partial charge is 0.399 e. The molecule has 3 aromatic rings. The van der Waals surface area contributed by atoms with E-state index in [0.717, 1.165) is 65.0 Å². The highest BCUT2D eigenvalue weighted by Crippen LogP contribution is 2.38. The molecule has 1 atom stereocenters. The number of rotatable bonds is 8. The molecule has 1 saturated carbocycles. The SMILES string of the molecule is COCCN(C)C(=O)C1CCC(c2ccc3nc(C)nc(N[C@@H](C)c4cc(C)cc(N)c4)c3c2)CC1. The molecular weight excluding hydrogens is 450 g/mol. The first-order chi connectivity index (χ1) is 17.2. The number of carbonyl (C=O) groups excluding carboxylic acids is 1. The van der Waals surface area contributed by atoms with Crippen LogP contribution in [-0.4, -0.2) is 48.1 Å². The van der Waals surface area contributed by atoms with Gasteiger partial charge >= 0.3 is 0 Å². The Morgan fingerprint density at radius 3 is 2.58 bits per heavy atom. The zero-order chi connectivity index (χ0) is 25.8. The number of aromatic nitrogens is 2. The third-order valence-electron chi connectivity index (χ3n) is 7.36. The van der Waals surface area contributed by atoms with Gasteiger partial charge in [0, 0.05) is 37.7 Å². The van der Waals surface area contributed by atoms with Crippen LogP contribution in [0.5, 0.6) is 0 Å². The Morgan fingerprint density at radius 2 is 1.89 bits per heavy atom. The van der Waals surface area contributed by atoms with Crippen molar-refractivity contribution in [1.82, 2.24) is 14.9 Å². The first-order valence-electron chi connectivity index (χ1n) is 12.9. The standard InChI is InChI=1S/C29H39N5O2/c1-18-14-24(16-25(30)15-18)19(2)31-28-26-17-23(10-11-27(26)32-20(3)33-28)21-6-8-22(9-7-21)29(35)34(4)12-13-36-5/h10-11,14-17,19,21-22H,6-9,12-13,30H2,1-5H3,(H,31,32,33)/t19-,21?,22?/m0/s1. The number of nitrogens with zero attached hydrogens (tertiary/aromatic N) is 3. The molecule has 0 saturated heterocycles. The third kappa shape index (κ3) is 5.95. The topological polar surface area (TPSA) is 93.4 Å². The lowest BCUT2D eigenvalue weighted by molar-refractivity contribution is -0.135. The van der Waals surface area contributed by atoms with E-state index >= 15 is 0 Å². The number of anilines is 2. The monoisotopic (exact) mass is 489 g/mol. The van der Waals surface area contributed by atoms with E-state index in [9.17, 15) is 4.79 Å². The smallest absolute Gasteiger partial charge is 0.225 e. The molecule has 1 fully saturated rings. The van der Waals surface area contributed by atoms with Crippen molar-refractivity contribution in [3.8, 4) is 0 Å². The predicted molar refractivity (Wildman–Crippen MR) is 146 cm³/mol. The molecule has 7 nitrogen and oxygen atoms in total. The van der Waals surface area contributed by atoms with Crippen LogP contribution in [0.1, 0.15) is 67.1 Å². The van der Waals surface area contributed by atoms with Gasteiger partial charge in [0.1, 0.15) is 11.6 Å². The van der Waals surface area contributed by atoms with Gasteiger partial charge in [0.2, 0.25) is 5.91 Å². The number of amides is 1. The summed E-state index contributed by atoms with van der Waals surface area (Å²) < 4.78 is 5.12. The molecule has 1 amide bonds. The molecule has 0 aliphatic heterocycles. The number of nitrogens with one attached hydrogen (secondary N) is 1. The predicted octanol–water partition coefficient (Wildman–Crippen LogP) is 5.38. The lowest BCUT2D eigenvalue weighted by Crippen LogP contribution is -2.36. The Morgan fingerprint density at radius 1 is 1.14 bits per heavy atom. The molecule has 36 heavy (non-hydrogen) atoms. The number of fused-ring (bicyclic) bond motifs is 1. The van der Waals surface area contributed by atoms with Crippen molar-refractivity contribution in [2.24, 2.45) is 5.92 Å². The van der Waals surface area contributed by atoms with Crippen molar-refractivity contribution in [2.75, 3.05) is 38.4 Å². The Bertz CT molecular complexity index is 1200. The van der Waals surface area contributed by atoms with Crippen LogP contribution in [0.25, 0.3) is 10.9 Å². The fourth-order valence-corrected chi connectivity index (χ4v) is 5.33. The van der Waals surface area contributed by atoms with Gasteiger partial charge in [-0.05, 0) is 93.3 Å². The molecule has 1 heterocycles. The summed E-state index contributed by atoms with van der Waals surface area (Å²) in [6.07, 6.45) is 3.85. The maximum Gasteiger partial charge on any atom is 0.225 e. The van der Waals surface area contributed by atoms with Gasteiger partial charge in [0.25, 0.3) is 0 Å². The molecule has 0 radical (unpaired) electrons. The summed E-state index contributed by atoms with van der Waals surface area (Å²) in [7, 11) is 3.54. The molecule has 2 aromatic carbocycles. The Balaban J connectivity index is 1.51. The van der Waals surface area contributed by atoms with Crippen molar-refractivity contribution >= 4 is 28.3 Å². The number of carbonyl (C=O) groups is 1. The summed E-state index contributed by atoms with van der Waals surface area (Å²) in [5.74, 6) is 2.37. The van der Waals surface area contributed by atoms with Crippen LogP contribution in [-0.2, 0) is 9.53 Å². The molecule has 0 unspecified atom stereocenters.